The maximum atomic E-state index is 5.94. The van der Waals surface area contributed by atoms with Crippen molar-refractivity contribution in [3.63, 3.8) is 0 Å². The molecule has 2 nitrogen and oxygen atoms in total. The van der Waals surface area contributed by atoms with Crippen molar-refractivity contribution in [2.45, 2.75) is 0 Å². The maximum absolute atomic E-state index is 5.94. The van der Waals surface area contributed by atoms with Gasteiger partial charge in [-0.2, -0.15) is 0 Å². The van der Waals surface area contributed by atoms with E-state index in [-0.39, 0.29) is 0 Å². The zero-order valence-corrected chi connectivity index (χ0v) is 9.74. The molecule has 17 heavy (non-hydrogen) atoms. The van der Waals surface area contributed by atoms with Crippen LogP contribution in [0.15, 0.2) is 52.9 Å². The van der Waals surface area contributed by atoms with Gasteiger partial charge in [0.25, 0.3) is 0 Å². The molecule has 3 aromatic rings. The Bertz CT molecular complexity index is 688. The van der Waals surface area contributed by atoms with E-state index in [1.165, 1.54) is 0 Å². The Morgan fingerprint density at radius 2 is 1.82 bits per heavy atom. The minimum absolute atomic E-state index is 0.700. The van der Waals surface area contributed by atoms with E-state index < -0.39 is 0 Å². The maximum Gasteiger partial charge on any atom is 0.137 e. The standard InChI is InChI=1S/C14H10ClNO/c15-10-5-6-13-9(7-10)8-14(17-13)11-3-1-2-4-12(11)16/h1-8H,16H2. The van der Waals surface area contributed by atoms with Gasteiger partial charge in [-0.25, -0.2) is 0 Å². The highest BCUT2D eigenvalue weighted by molar-refractivity contribution is 6.31. The van der Waals surface area contributed by atoms with Crippen molar-refractivity contribution in [1.82, 2.24) is 0 Å². The fraction of sp³-hybridized carbons (Fsp3) is 0. The number of rotatable bonds is 1. The first-order chi connectivity index (χ1) is 8.24. The van der Waals surface area contributed by atoms with Crippen LogP contribution in [0.4, 0.5) is 5.69 Å². The summed E-state index contributed by atoms with van der Waals surface area (Å²) in [5.41, 5.74) is 8.34. The third kappa shape index (κ3) is 1.77. The predicted octanol–water partition coefficient (Wildman–Crippen LogP) is 4.34. The molecule has 0 fully saturated rings. The molecule has 0 radical (unpaired) electrons. The molecule has 3 rings (SSSR count). The van der Waals surface area contributed by atoms with Gasteiger partial charge in [0, 0.05) is 21.7 Å². The van der Waals surface area contributed by atoms with Crippen molar-refractivity contribution < 1.29 is 4.42 Å². The van der Waals surface area contributed by atoms with Crippen molar-refractivity contribution in [1.29, 1.82) is 0 Å². The number of hydrogen-bond acceptors (Lipinski definition) is 2. The lowest BCUT2D eigenvalue weighted by atomic mass is 10.1. The van der Waals surface area contributed by atoms with Crippen molar-refractivity contribution in [2.75, 3.05) is 5.73 Å². The van der Waals surface area contributed by atoms with Gasteiger partial charge >= 0.3 is 0 Å². The molecule has 0 spiro atoms. The first kappa shape index (κ1) is 10.2. The summed E-state index contributed by atoms with van der Waals surface area (Å²) in [6, 6.07) is 15.1. The van der Waals surface area contributed by atoms with Crippen molar-refractivity contribution in [2.24, 2.45) is 0 Å². The van der Waals surface area contributed by atoms with Crippen LogP contribution in [0.1, 0.15) is 0 Å². The van der Waals surface area contributed by atoms with E-state index in [1.807, 2.05) is 48.5 Å². The highest BCUT2D eigenvalue weighted by Gasteiger charge is 2.08. The number of anilines is 1. The number of fused-ring (bicyclic) bond motifs is 1. The van der Waals surface area contributed by atoms with Crippen LogP contribution < -0.4 is 5.73 Å². The minimum Gasteiger partial charge on any atom is -0.456 e. The van der Waals surface area contributed by atoms with Crippen LogP contribution in [-0.4, -0.2) is 0 Å². The summed E-state index contributed by atoms with van der Waals surface area (Å²) in [6.07, 6.45) is 0. The van der Waals surface area contributed by atoms with Gasteiger partial charge in [-0.15, -0.1) is 0 Å². The molecule has 0 atom stereocenters. The Kier molecular flexibility index (Phi) is 2.30. The number of hydrogen-bond donors (Lipinski definition) is 1. The molecule has 1 aromatic heterocycles. The summed E-state index contributed by atoms with van der Waals surface area (Å²) < 4.78 is 5.75. The van der Waals surface area contributed by atoms with E-state index >= 15 is 0 Å². The van der Waals surface area contributed by atoms with Gasteiger partial charge in [-0.05, 0) is 36.4 Å². The molecule has 0 aliphatic carbocycles. The van der Waals surface area contributed by atoms with Crippen molar-refractivity contribution in [3.8, 4) is 11.3 Å². The fourth-order valence-corrected chi connectivity index (χ4v) is 2.05. The smallest absolute Gasteiger partial charge is 0.137 e. The minimum atomic E-state index is 0.700. The zero-order chi connectivity index (χ0) is 11.8. The second-order valence-corrected chi connectivity index (χ2v) is 4.32. The molecule has 2 aromatic carbocycles. The average Bonchev–Trinajstić information content (AvgIpc) is 2.72. The van der Waals surface area contributed by atoms with E-state index in [1.54, 1.807) is 0 Å². The van der Waals surface area contributed by atoms with E-state index in [4.69, 9.17) is 21.8 Å². The third-order valence-corrected chi connectivity index (χ3v) is 2.94. The Morgan fingerprint density at radius 1 is 1.00 bits per heavy atom. The molecule has 3 heteroatoms. The molecule has 0 saturated heterocycles. The van der Waals surface area contributed by atoms with Crippen LogP contribution in [0.3, 0.4) is 0 Å². The number of para-hydroxylation sites is 1. The van der Waals surface area contributed by atoms with Crippen LogP contribution >= 0.6 is 11.6 Å². The number of furan rings is 1. The Labute approximate surface area is 104 Å². The Balaban J connectivity index is 2.22. The molecule has 0 unspecified atom stereocenters. The lowest BCUT2D eigenvalue weighted by Gasteiger charge is -2.00. The summed E-state index contributed by atoms with van der Waals surface area (Å²) in [5, 5.41) is 1.68. The largest absolute Gasteiger partial charge is 0.456 e. The first-order valence-electron chi connectivity index (χ1n) is 5.28. The van der Waals surface area contributed by atoms with Gasteiger partial charge in [0.15, 0.2) is 0 Å². The van der Waals surface area contributed by atoms with Gasteiger partial charge in [-0.3, -0.25) is 0 Å². The lowest BCUT2D eigenvalue weighted by Crippen LogP contribution is -1.87. The summed E-state index contributed by atoms with van der Waals surface area (Å²) >= 11 is 5.94. The lowest BCUT2D eigenvalue weighted by molar-refractivity contribution is 0.632. The molecule has 0 saturated carbocycles. The predicted molar refractivity (Wildman–Crippen MR) is 71.1 cm³/mol. The van der Waals surface area contributed by atoms with Gasteiger partial charge in [0.1, 0.15) is 11.3 Å². The van der Waals surface area contributed by atoms with Crippen LogP contribution in [0.5, 0.6) is 0 Å². The van der Waals surface area contributed by atoms with Crippen LogP contribution in [0.25, 0.3) is 22.3 Å². The van der Waals surface area contributed by atoms with Crippen molar-refractivity contribution >= 4 is 28.3 Å². The first-order valence-corrected chi connectivity index (χ1v) is 5.66. The van der Waals surface area contributed by atoms with Crippen LogP contribution in [0, 0.1) is 0 Å². The van der Waals surface area contributed by atoms with Crippen LogP contribution in [0.2, 0.25) is 5.02 Å². The van der Waals surface area contributed by atoms with Gasteiger partial charge in [0.2, 0.25) is 0 Å². The van der Waals surface area contributed by atoms with Gasteiger partial charge < -0.3 is 10.2 Å². The Morgan fingerprint density at radius 3 is 2.65 bits per heavy atom. The topological polar surface area (TPSA) is 39.2 Å². The third-order valence-electron chi connectivity index (χ3n) is 2.70. The monoisotopic (exact) mass is 243 g/mol. The molecule has 0 aliphatic rings. The van der Waals surface area contributed by atoms with E-state index in [9.17, 15) is 0 Å². The number of benzene rings is 2. The van der Waals surface area contributed by atoms with Crippen molar-refractivity contribution in [3.05, 3.63) is 53.6 Å². The number of halogens is 1. The zero-order valence-electron chi connectivity index (χ0n) is 8.98. The van der Waals surface area contributed by atoms with E-state index in [2.05, 4.69) is 0 Å². The summed E-state index contributed by atoms with van der Waals surface area (Å²) in [5.74, 6) is 0.764. The van der Waals surface area contributed by atoms with E-state index in [0.29, 0.717) is 10.7 Å². The van der Waals surface area contributed by atoms with Gasteiger partial charge in [0.05, 0.1) is 0 Å². The van der Waals surface area contributed by atoms with E-state index in [0.717, 1.165) is 22.3 Å². The number of nitrogen functional groups attached to an aromatic ring is 1. The summed E-state index contributed by atoms with van der Waals surface area (Å²) in [6.45, 7) is 0. The van der Waals surface area contributed by atoms with Crippen LogP contribution in [-0.2, 0) is 0 Å². The molecule has 1 heterocycles. The summed E-state index contributed by atoms with van der Waals surface area (Å²) in [4.78, 5) is 0. The fourth-order valence-electron chi connectivity index (χ4n) is 1.87. The second-order valence-electron chi connectivity index (χ2n) is 3.88. The molecule has 0 amide bonds. The molecule has 84 valence electrons. The molecule has 0 aliphatic heterocycles. The quantitative estimate of drug-likeness (QED) is 0.646. The SMILES string of the molecule is Nc1ccccc1-c1cc2cc(Cl)ccc2o1. The number of nitrogens with two attached hydrogens (primary N) is 1. The molecular formula is C14H10ClNO. The van der Waals surface area contributed by atoms with Gasteiger partial charge in [-0.1, -0.05) is 23.7 Å². The highest BCUT2D eigenvalue weighted by atomic mass is 35.5. The normalized spacial score (nSPS) is 10.9. The average molecular weight is 244 g/mol. The molecule has 2 N–H and O–H groups in total. The molecular weight excluding hydrogens is 234 g/mol. The highest BCUT2D eigenvalue weighted by Crippen LogP contribution is 2.32. The molecule has 0 bridgehead atoms. The Hall–Kier alpha value is -1.93. The summed E-state index contributed by atoms with van der Waals surface area (Å²) in [7, 11) is 0. The second kappa shape index (κ2) is 3.82.